The van der Waals surface area contributed by atoms with Crippen LogP contribution in [0.5, 0.6) is 0 Å². The number of esters is 1. The summed E-state index contributed by atoms with van der Waals surface area (Å²) in [5.74, 6) is -0.892. The van der Waals surface area contributed by atoms with Crippen molar-refractivity contribution in [1.82, 2.24) is 10.2 Å². The molecule has 6 N–H and O–H groups in total. The van der Waals surface area contributed by atoms with E-state index in [0.717, 1.165) is 16.7 Å². The van der Waals surface area contributed by atoms with Crippen LogP contribution in [0.3, 0.4) is 0 Å². The fraction of sp³-hybridized carbons (Fsp3) is 0.474. The molecule has 1 aromatic carbocycles. The van der Waals surface area contributed by atoms with Crippen molar-refractivity contribution in [3.63, 3.8) is 0 Å². The molecule has 2 aliphatic rings. The standard InChI is InChI=1S/C19H25N3O8/c20-19(17(26)29-9-8-28-11-12-4-2-1-3-5-12)6-7-22(18(27)21-19)16-15(25)14(24)13(10-23)30-16/h1-7,13-16,23-25H,8-11,20H2,(H,21,27)/t13-,14-,15-,16-,19?/m1/s1. The fourth-order valence-electron chi connectivity index (χ4n) is 3.05. The van der Waals surface area contributed by atoms with Crippen LogP contribution in [-0.2, 0) is 25.6 Å². The number of benzene rings is 1. The molecule has 2 heterocycles. The van der Waals surface area contributed by atoms with E-state index < -0.39 is 48.8 Å². The van der Waals surface area contributed by atoms with Crippen molar-refractivity contribution < 1.29 is 39.1 Å². The maximum atomic E-state index is 12.4. The number of hydrogen-bond acceptors (Lipinski definition) is 9. The smallest absolute Gasteiger partial charge is 0.351 e. The van der Waals surface area contributed by atoms with E-state index in [0.29, 0.717) is 6.61 Å². The number of nitrogens with one attached hydrogen (secondary N) is 1. The molecule has 0 saturated carbocycles. The van der Waals surface area contributed by atoms with E-state index in [1.54, 1.807) is 0 Å². The summed E-state index contributed by atoms with van der Waals surface area (Å²) in [6.07, 6.45) is -2.78. The topological polar surface area (TPSA) is 164 Å². The SMILES string of the molecule is NC1(C(=O)OCCOCc2ccccc2)C=CN([C@@H]2O[C@H](CO)[C@@H](O)[C@H]2O)C(=O)N1. The number of aliphatic hydroxyl groups excluding tert-OH is 3. The predicted octanol–water partition coefficient (Wildman–Crippen LogP) is -1.62. The quantitative estimate of drug-likeness (QED) is 0.244. The molecular weight excluding hydrogens is 398 g/mol. The van der Waals surface area contributed by atoms with Gasteiger partial charge in [0.05, 0.1) is 19.8 Å². The molecular formula is C19H25N3O8. The van der Waals surface area contributed by atoms with Gasteiger partial charge in [0.15, 0.2) is 6.23 Å². The number of nitrogens with two attached hydrogens (primary N) is 1. The Bertz CT molecular complexity index is 776. The van der Waals surface area contributed by atoms with E-state index in [-0.39, 0.29) is 13.2 Å². The molecule has 0 radical (unpaired) electrons. The number of carbonyl (C=O) groups excluding carboxylic acids is 2. The molecule has 1 aromatic rings. The van der Waals surface area contributed by atoms with E-state index in [1.165, 1.54) is 6.08 Å². The maximum Gasteiger partial charge on any atom is 0.351 e. The highest BCUT2D eigenvalue weighted by molar-refractivity contribution is 5.90. The number of urea groups is 1. The van der Waals surface area contributed by atoms with Gasteiger partial charge in [0.25, 0.3) is 0 Å². The van der Waals surface area contributed by atoms with Crippen molar-refractivity contribution in [2.75, 3.05) is 19.8 Å². The number of hydrogen-bond donors (Lipinski definition) is 5. The maximum absolute atomic E-state index is 12.4. The van der Waals surface area contributed by atoms with E-state index in [1.807, 2.05) is 30.3 Å². The van der Waals surface area contributed by atoms with Gasteiger partial charge in [-0.25, -0.2) is 9.59 Å². The summed E-state index contributed by atoms with van der Waals surface area (Å²) in [5, 5.41) is 31.3. The van der Waals surface area contributed by atoms with Crippen LogP contribution in [-0.4, -0.2) is 82.2 Å². The molecule has 0 aliphatic carbocycles. The predicted molar refractivity (Wildman–Crippen MR) is 101 cm³/mol. The second-order valence-electron chi connectivity index (χ2n) is 6.93. The highest BCUT2D eigenvalue weighted by Crippen LogP contribution is 2.26. The van der Waals surface area contributed by atoms with Crippen LogP contribution in [0.15, 0.2) is 42.6 Å². The van der Waals surface area contributed by atoms with Crippen LogP contribution in [0.4, 0.5) is 4.79 Å². The first-order chi connectivity index (χ1) is 14.4. The molecule has 1 fully saturated rings. The third-order valence-electron chi connectivity index (χ3n) is 4.75. The van der Waals surface area contributed by atoms with Gasteiger partial charge in [-0.15, -0.1) is 0 Å². The summed E-state index contributed by atoms with van der Waals surface area (Å²) in [6, 6.07) is 8.64. The molecule has 1 saturated heterocycles. The Kier molecular flexibility index (Phi) is 7.02. The second kappa shape index (κ2) is 9.51. The minimum absolute atomic E-state index is 0.0626. The Labute approximate surface area is 172 Å². The number of carbonyl (C=O) groups is 2. The van der Waals surface area contributed by atoms with Gasteiger partial charge in [0.1, 0.15) is 24.9 Å². The Morgan fingerprint density at radius 1 is 1.23 bits per heavy atom. The van der Waals surface area contributed by atoms with Gasteiger partial charge in [-0.3, -0.25) is 10.6 Å². The molecule has 1 unspecified atom stereocenters. The Morgan fingerprint density at radius 3 is 2.60 bits per heavy atom. The molecule has 2 amide bonds. The summed E-state index contributed by atoms with van der Waals surface area (Å²) in [5.41, 5.74) is 4.99. The number of aliphatic hydroxyl groups is 3. The van der Waals surface area contributed by atoms with E-state index in [9.17, 15) is 19.8 Å². The molecule has 11 nitrogen and oxygen atoms in total. The normalized spacial score (nSPS) is 30.9. The van der Waals surface area contributed by atoms with Gasteiger partial charge in [-0.2, -0.15) is 0 Å². The Hall–Kier alpha value is -2.54. The first-order valence-corrected chi connectivity index (χ1v) is 9.36. The van der Waals surface area contributed by atoms with Gasteiger partial charge >= 0.3 is 12.0 Å². The van der Waals surface area contributed by atoms with Gasteiger partial charge in [-0.05, 0) is 11.6 Å². The first kappa shape index (κ1) is 22.2. The van der Waals surface area contributed by atoms with Crippen LogP contribution in [0.2, 0.25) is 0 Å². The lowest BCUT2D eigenvalue weighted by Crippen LogP contribution is -2.66. The van der Waals surface area contributed by atoms with Crippen molar-refractivity contribution in [3.8, 4) is 0 Å². The largest absolute Gasteiger partial charge is 0.460 e. The number of rotatable bonds is 8. The highest BCUT2D eigenvalue weighted by atomic mass is 16.6. The number of nitrogens with zero attached hydrogens (tertiary/aromatic N) is 1. The highest BCUT2D eigenvalue weighted by Gasteiger charge is 2.49. The van der Waals surface area contributed by atoms with E-state index >= 15 is 0 Å². The van der Waals surface area contributed by atoms with Crippen molar-refractivity contribution in [3.05, 3.63) is 48.2 Å². The zero-order valence-corrected chi connectivity index (χ0v) is 16.1. The van der Waals surface area contributed by atoms with Crippen LogP contribution < -0.4 is 11.1 Å². The molecule has 2 aliphatic heterocycles. The van der Waals surface area contributed by atoms with Crippen molar-refractivity contribution >= 4 is 12.0 Å². The summed E-state index contributed by atoms with van der Waals surface area (Å²) >= 11 is 0. The molecule has 0 bridgehead atoms. The summed E-state index contributed by atoms with van der Waals surface area (Å²) < 4.78 is 15.8. The van der Waals surface area contributed by atoms with E-state index in [2.05, 4.69) is 5.32 Å². The average Bonchev–Trinajstić information content (AvgIpc) is 3.02. The zero-order valence-electron chi connectivity index (χ0n) is 16.1. The molecule has 5 atom stereocenters. The number of amides is 2. The van der Waals surface area contributed by atoms with Crippen molar-refractivity contribution in [2.45, 2.75) is 36.8 Å². The minimum atomic E-state index is -1.91. The van der Waals surface area contributed by atoms with Gasteiger partial charge in [0.2, 0.25) is 5.66 Å². The lowest BCUT2D eigenvalue weighted by Gasteiger charge is -2.36. The summed E-state index contributed by atoms with van der Waals surface area (Å²) in [7, 11) is 0. The van der Waals surface area contributed by atoms with Crippen molar-refractivity contribution in [2.24, 2.45) is 5.73 Å². The number of ether oxygens (including phenoxy) is 3. The van der Waals surface area contributed by atoms with Crippen molar-refractivity contribution in [1.29, 1.82) is 0 Å². The molecule has 164 valence electrons. The fourth-order valence-corrected chi connectivity index (χ4v) is 3.05. The molecule has 0 spiro atoms. The van der Waals surface area contributed by atoms with E-state index in [4.69, 9.17) is 25.1 Å². The first-order valence-electron chi connectivity index (χ1n) is 9.36. The van der Waals surface area contributed by atoms with Crippen LogP contribution in [0, 0.1) is 0 Å². The monoisotopic (exact) mass is 423 g/mol. The van der Waals surface area contributed by atoms with Crippen LogP contribution in [0.1, 0.15) is 5.56 Å². The molecule has 0 aromatic heterocycles. The van der Waals surface area contributed by atoms with Gasteiger partial charge in [0, 0.05) is 6.20 Å². The molecule has 30 heavy (non-hydrogen) atoms. The van der Waals surface area contributed by atoms with Gasteiger partial charge < -0.3 is 34.8 Å². The second-order valence-corrected chi connectivity index (χ2v) is 6.93. The lowest BCUT2D eigenvalue weighted by atomic mass is 10.1. The zero-order chi connectivity index (χ0) is 21.7. The molecule has 11 heteroatoms. The van der Waals surface area contributed by atoms with Gasteiger partial charge in [-0.1, -0.05) is 30.3 Å². The average molecular weight is 423 g/mol. The third-order valence-corrected chi connectivity index (χ3v) is 4.75. The third kappa shape index (κ3) is 4.78. The van der Waals surface area contributed by atoms with Crippen LogP contribution in [0.25, 0.3) is 0 Å². The Balaban J connectivity index is 1.50. The lowest BCUT2D eigenvalue weighted by molar-refractivity contribution is -0.151. The summed E-state index contributed by atoms with van der Waals surface area (Å²) in [4.78, 5) is 25.6. The van der Waals surface area contributed by atoms with Crippen LogP contribution >= 0.6 is 0 Å². The minimum Gasteiger partial charge on any atom is -0.460 e. The molecule has 3 rings (SSSR count). The Morgan fingerprint density at radius 2 is 1.97 bits per heavy atom. The summed E-state index contributed by atoms with van der Waals surface area (Å²) in [6.45, 7) is -0.0918.